The molecule has 3 aromatic rings. The maximum absolute atomic E-state index is 12.7. The lowest BCUT2D eigenvalue weighted by atomic mass is 10.1. The van der Waals surface area contributed by atoms with Gasteiger partial charge < -0.3 is 5.32 Å². The number of alkyl halides is 3. The second-order valence-electron chi connectivity index (χ2n) is 5.26. The molecule has 3 rings (SSSR count). The molecule has 8 heteroatoms. The lowest BCUT2D eigenvalue weighted by molar-refractivity contribution is -0.137. The molecule has 24 heavy (non-hydrogen) atoms. The molecule has 0 fully saturated rings. The van der Waals surface area contributed by atoms with Gasteiger partial charge in [0.1, 0.15) is 0 Å². The van der Waals surface area contributed by atoms with Crippen LogP contribution in [0.15, 0.2) is 48.7 Å². The third-order valence-electron chi connectivity index (χ3n) is 3.53. The zero-order valence-corrected chi connectivity index (χ0v) is 12.6. The summed E-state index contributed by atoms with van der Waals surface area (Å²) < 4.78 is 39.9. The highest BCUT2D eigenvalue weighted by Gasteiger charge is 2.31. The molecule has 0 aliphatic carbocycles. The van der Waals surface area contributed by atoms with Crippen LogP contribution in [0.4, 0.5) is 13.2 Å². The lowest BCUT2D eigenvalue weighted by Crippen LogP contribution is -2.28. The van der Waals surface area contributed by atoms with Gasteiger partial charge in [0.05, 0.1) is 11.6 Å². The van der Waals surface area contributed by atoms with Crippen LogP contribution in [0.25, 0.3) is 5.65 Å². The zero-order chi connectivity index (χ0) is 17.3. The number of carbonyl (C=O) groups excluding carboxylic acids is 1. The van der Waals surface area contributed by atoms with Crippen LogP contribution in [0.5, 0.6) is 0 Å². The molecule has 0 radical (unpaired) electrons. The average Bonchev–Trinajstić information content (AvgIpc) is 2.98. The number of rotatable bonds is 3. The molecule has 0 aliphatic rings. The predicted octanol–water partition coefficient (Wildman–Crippen LogP) is 3.24. The van der Waals surface area contributed by atoms with Crippen molar-refractivity contribution in [2.24, 2.45) is 0 Å². The summed E-state index contributed by atoms with van der Waals surface area (Å²) in [6.07, 6.45) is -2.75. The SMILES string of the molecule is CC(NC(=O)c1cccc(C(F)(F)F)c1)c1nnc2ccccn12. The molecule has 2 aromatic heterocycles. The Morgan fingerprint density at radius 1 is 1.17 bits per heavy atom. The molecule has 124 valence electrons. The number of halogens is 3. The van der Waals surface area contributed by atoms with Crippen molar-refractivity contribution in [2.75, 3.05) is 0 Å². The Balaban J connectivity index is 1.82. The van der Waals surface area contributed by atoms with Crippen LogP contribution in [0, 0.1) is 0 Å². The van der Waals surface area contributed by atoms with E-state index in [2.05, 4.69) is 15.5 Å². The highest BCUT2D eigenvalue weighted by Crippen LogP contribution is 2.29. The summed E-state index contributed by atoms with van der Waals surface area (Å²) in [6.45, 7) is 1.69. The highest BCUT2D eigenvalue weighted by molar-refractivity contribution is 5.94. The second kappa shape index (κ2) is 5.95. The summed E-state index contributed by atoms with van der Waals surface area (Å²) in [6, 6.07) is 9.12. The fourth-order valence-corrected chi connectivity index (χ4v) is 2.34. The number of amides is 1. The van der Waals surface area contributed by atoms with Gasteiger partial charge in [-0.3, -0.25) is 9.20 Å². The maximum atomic E-state index is 12.7. The second-order valence-corrected chi connectivity index (χ2v) is 5.26. The predicted molar refractivity (Wildman–Crippen MR) is 80.3 cm³/mol. The Hall–Kier alpha value is -2.90. The summed E-state index contributed by atoms with van der Waals surface area (Å²) in [5.74, 6) is -0.118. The van der Waals surface area contributed by atoms with Gasteiger partial charge in [-0.25, -0.2) is 0 Å². The zero-order valence-electron chi connectivity index (χ0n) is 12.6. The minimum absolute atomic E-state index is 0.0644. The molecule has 0 saturated carbocycles. The van der Waals surface area contributed by atoms with Gasteiger partial charge >= 0.3 is 6.18 Å². The summed E-state index contributed by atoms with van der Waals surface area (Å²) in [5.41, 5.74) is -0.311. The van der Waals surface area contributed by atoms with Crippen molar-refractivity contribution in [3.05, 3.63) is 65.6 Å². The van der Waals surface area contributed by atoms with E-state index in [1.807, 2.05) is 0 Å². The quantitative estimate of drug-likeness (QED) is 0.800. The van der Waals surface area contributed by atoms with E-state index < -0.39 is 23.7 Å². The molecule has 0 aliphatic heterocycles. The molecule has 1 amide bonds. The Kier molecular flexibility index (Phi) is 3.96. The molecule has 1 aromatic carbocycles. The first-order chi connectivity index (χ1) is 11.4. The van der Waals surface area contributed by atoms with E-state index in [1.165, 1.54) is 12.1 Å². The van der Waals surface area contributed by atoms with Crippen molar-refractivity contribution in [2.45, 2.75) is 19.1 Å². The van der Waals surface area contributed by atoms with Gasteiger partial charge in [0.15, 0.2) is 11.5 Å². The summed E-state index contributed by atoms with van der Waals surface area (Å²) >= 11 is 0. The average molecular weight is 334 g/mol. The highest BCUT2D eigenvalue weighted by atomic mass is 19.4. The number of nitrogens with zero attached hydrogens (tertiary/aromatic N) is 3. The number of fused-ring (bicyclic) bond motifs is 1. The number of hydrogen-bond donors (Lipinski definition) is 1. The van der Waals surface area contributed by atoms with Crippen LogP contribution < -0.4 is 5.32 Å². The van der Waals surface area contributed by atoms with E-state index in [4.69, 9.17) is 0 Å². The first kappa shape index (κ1) is 16.0. The van der Waals surface area contributed by atoms with Crippen molar-refractivity contribution in [1.29, 1.82) is 0 Å². The number of pyridine rings is 1. The van der Waals surface area contributed by atoms with Crippen LogP contribution in [0.3, 0.4) is 0 Å². The van der Waals surface area contributed by atoms with Gasteiger partial charge in [-0.1, -0.05) is 12.1 Å². The van der Waals surface area contributed by atoms with Crippen molar-refractivity contribution in [3.63, 3.8) is 0 Å². The molecule has 0 spiro atoms. The molecule has 0 saturated heterocycles. The first-order valence-electron chi connectivity index (χ1n) is 7.14. The summed E-state index contributed by atoms with van der Waals surface area (Å²) in [7, 11) is 0. The molecule has 5 nitrogen and oxygen atoms in total. The number of benzene rings is 1. The molecular weight excluding hydrogens is 321 g/mol. The lowest BCUT2D eigenvalue weighted by Gasteiger charge is -2.13. The van der Waals surface area contributed by atoms with Crippen LogP contribution in [-0.2, 0) is 6.18 Å². The fourth-order valence-electron chi connectivity index (χ4n) is 2.34. The molecule has 0 bridgehead atoms. The number of hydrogen-bond acceptors (Lipinski definition) is 3. The Morgan fingerprint density at radius 3 is 2.71 bits per heavy atom. The normalized spacial score (nSPS) is 13.0. The van der Waals surface area contributed by atoms with E-state index in [0.29, 0.717) is 11.5 Å². The van der Waals surface area contributed by atoms with E-state index in [-0.39, 0.29) is 5.56 Å². The molecule has 1 N–H and O–H groups in total. The van der Waals surface area contributed by atoms with Gasteiger partial charge in [-0.15, -0.1) is 10.2 Å². The van der Waals surface area contributed by atoms with E-state index in [9.17, 15) is 18.0 Å². The largest absolute Gasteiger partial charge is 0.416 e. The first-order valence-corrected chi connectivity index (χ1v) is 7.14. The van der Waals surface area contributed by atoms with E-state index in [0.717, 1.165) is 12.1 Å². The molecule has 1 unspecified atom stereocenters. The summed E-state index contributed by atoms with van der Waals surface area (Å²) in [4.78, 5) is 12.2. The van der Waals surface area contributed by atoms with Crippen LogP contribution in [-0.4, -0.2) is 20.5 Å². The van der Waals surface area contributed by atoms with Crippen molar-refractivity contribution >= 4 is 11.6 Å². The Bertz CT molecular complexity index is 888. The monoisotopic (exact) mass is 334 g/mol. The van der Waals surface area contributed by atoms with Gasteiger partial charge in [0, 0.05) is 11.8 Å². The van der Waals surface area contributed by atoms with Gasteiger partial charge in [-0.2, -0.15) is 13.2 Å². The maximum Gasteiger partial charge on any atom is 0.416 e. The topological polar surface area (TPSA) is 59.3 Å². The van der Waals surface area contributed by atoms with Crippen LogP contribution in [0.2, 0.25) is 0 Å². The van der Waals surface area contributed by atoms with Gasteiger partial charge in [0.2, 0.25) is 0 Å². The Labute approximate surface area is 135 Å². The number of carbonyl (C=O) groups is 1. The minimum atomic E-state index is -4.49. The molecular formula is C16H13F3N4O. The molecule has 2 heterocycles. The molecule has 1 atom stereocenters. The van der Waals surface area contributed by atoms with Crippen LogP contribution in [0.1, 0.15) is 34.7 Å². The van der Waals surface area contributed by atoms with Crippen molar-refractivity contribution < 1.29 is 18.0 Å². The van der Waals surface area contributed by atoms with Crippen molar-refractivity contribution in [1.82, 2.24) is 19.9 Å². The third kappa shape index (κ3) is 3.08. The fraction of sp³-hybridized carbons (Fsp3) is 0.188. The van der Waals surface area contributed by atoms with Gasteiger partial charge in [0.25, 0.3) is 5.91 Å². The van der Waals surface area contributed by atoms with E-state index >= 15 is 0 Å². The number of nitrogens with one attached hydrogen (secondary N) is 1. The minimum Gasteiger partial charge on any atom is -0.342 e. The van der Waals surface area contributed by atoms with Gasteiger partial charge in [-0.05, 0) is 37.3 Å². The number of aromatic nitrogens is 3. The third-order valence-corrected chi connectivity index (χ3v) is 3.53. The Morgan fingerprint density at radius 2 is 1.96 bits per heavy atom. The summed E-state index contributed by atoms with van der Waals surface area (Å²) in [5, 5.41) is 10.6. The van der Waals surface area contributed by atoms with Crippen LogP contribution >= 0.6 is 0 Å². The van der Waals surface area contributed by atoms with E-state index in [1.54, 1.807) is 35.7 Å². The standard InChI is InChI=1S/C16H13F3N4O/c1-10(14-22-21-13-7-2-3-8-23(13)14)20-15(24)11-5-4-6-12(9-11)16(17,18)19/h2-10H,1H3,(H,20,24). The van der Waals surface area contributed by atoms with Crippen molar-refractivity contribution in [3.8, 4) is 0 Å². The smallest absolute Gasteiger partial charge is 0.342 e.